The van der Waals surface area contributed by atoms with E-state index in [-0.39, 0.29) is 36.0 Å². The average Bonchev–Trinajstić information content (AvgIpc) is 3.15. The lowest BCUT2D eigenvalue weighted by Crippen LogP contribution is -2.57. The number of rotatable bonds is 5. The molecule has 168 valence electrons. The molecule has 0 spiro atoms. The molecular formula is C23H33N5O3. The summed E-state index contributed by atoms with van der Waals surface area (Å²) in [6.45, 7) is 2.38. The van der Waals surface area contributed by atoms with Gasteiger partial charge in [-0.05, 0) is 70.2 Å². The van der Waals surface area contributed by atoms with Gasteiger partial charge < -0.3 is 20.9 Å². The zero-order valence-corrected chi connectivity index (χ0v) is 18.3. The second kappa shape index (κ2) is 9.36. The number of carbonyl (C=O) groups excluding carboxylic acids is 3. The third-order valence-corrected chi connectivity index (χ3v) is 6.88. The third kappa shape index (κ3) is 4.45. The first kappa shape index (κ1) is 21.8. The van der Waals surface area contributed by atoms with Gasteiger partial charge in [0.1, 0.15) is 12.1 Å². The first-order chi connectivity index (χ1) is 15.0. The van der Waals surface area contributed by atoms with Gasteiger partial charge in [-0.1, -0.05) is 24.3 Å². The van der Waals surface area contributed by atoms with E-state index in [1.807, 2.05) is 12.1 Å². The Kier molecular flexibility index (Phi) is 6.57. The van der Waals surface area contributed by atoms with Crippen molar-refractivity contribution in [3.8, 4) is 0 Å². The lowest BCUT2D eigenvalue weighted by atomic mass is 9.87. The maximum absolute atomic E-state index is 13.3. The molecular weight excluding hydrogens is 394 g/mol. The maximum Gasteiger partial charge on any atom is 0.247 e. The van der Waals surface area contributed by atoms with Crippen molar-refractivity contribution in [1.29, 1.82) is 0 Å². The van der Waals surface area contributed by atoms with E-state index < -0.39 is 12.1 Å². The summed E-state index contributed by atoms with van der Waals surface area (Å²) in [5.74, 6) is -0.485. The highest BCUT2D eigenvalue weighted by Gasteiger charge is 2.45. The third-order valence-electron chi connectivity index (χ3n) is 6.88. The van der Waals surface area contributed by atoms with Gasteiger partial charge in [-0.3, -0.25) is 19.7 Å². The minimum Gasteiger partial charge on any atom is -0.347 e. The van der Waals surface area contributed by atoms with Gasteiger partial charge in [0.15, 0.2) is 0 Å². The Balaban J connectivity index is 1.47. The topological polar surface area (TPSA) is 103 Å². The van der Waals surface area contributed by atoms with Crippen molar-refractivity contribution in [3.63, 3.8) is 0 Å². The van der Waals surface area contributed by atoms with Crippen molar-refractivity contribution < 1.29 is 14.4 Å². The molecule has 0 bridgehead atoms. The molecule has 1 aliphatic carbocycles. The number of nitrogens with zero attached hydrogens (tertiary/aromatic N) is 1. The van der Waals surface area contributed by atoms with Gasteiger partial charge in [0.2, 0.25) is 17.7 Å². The van der Waals surface area contributed by atoms with Crippen molar-refractivity contribution in [2.24, 2.45) is 0 Å². The van der Waals surface area contributed by atoms with Gasteiger partial charge in [0.25, 0.3) is 0 Å². The van der Waals surface area contributed by atoms with Gasteiger partial charge in [0.05, 0.1) is 18.2 Å². The van der Waals surface area contributed by atoms with Gasteiger partial charge in [0, 0.05) is 0 Å². The number of amides is 3. The number of hydrogen-bond donors (Lipinski definition) is 4. The first-order valence-corrected chi connectivity index (χ1v) is 11.4. The molecule has 1 unspecified atom stereocenters. The Hall–Kier alpha value is -2.45. The van der Waals surface area contributed by atoms with Crippen LogP contribution in [0.1, 0.15) is 56.2 Å². The van der Waals surface area contributed by atoms with E-state index in [9.17, 15) is 14.4 Å². The van der Waals surface area contributed by atoms with Crippen LogP contribution in [-0.4, -0.2) is 60.5 Å². The van der Waals surface area contributed by atoms with E-state index in [1.54, 1.807) is 18.9 Å². The summed E-state index contributed by atoms with van der Waals surface area (Å²) in [7, 11) is 1.71. The van der Waals surface area contributed by atoms with Crippen LogP contribution in [0.4, 0.5) is 0 Å². The highest BCUT2D eigenvalue weighted by atomic mass is 16.2. The number of hydrogen-bond acceptors (Lipinski definition) is 5. The molecule has 31 heavy (non-hydrogen) atoms. The number of benzene rings is 1. The molecule has 4 N–H and O–H groups in total. The maximum atomic E-state index is 13.3. The number of aryl methyl sites for hydroxylation is 1. The molecule has 2 fully saturated rings. The predicted molar refractivity (Wildman–Crippen MR) is 117 cm³/mol. The number of carbonyl (C=O) groups is 3. The van der Waals surface area contributed by atoms with Gasteiger partial charge in [-0.15, -0.1) is 0 Å². The fraction of sp³-hybridized carbons (Fsp3) is 0.609. The Bertz CT molecular complexity index is 844. The fourth-order valence-electron chi connectivity index (χ4n) is 5.01. The average molecular weight is 428 g/mol. The molecule has 3 amide bonds. The summed E-state index contributed by atoms with van der Waals surface area (Å²) in [4.78, 5) is 40.7. The lowest BCUT2D eigenvalue weighted by Gasteiger charge is -2.33. The van der Waals surface area contributed by atoms with Gasteiger partial charge in [-0.2, -0.15) is 0 Å². The molecule has 0 saturated carbocycles. The molecule has 2 saturated heterocycles. The molecule has 8 heteroatoms. The summed E-state index contributed by atoms with van der Waals surface area (Å²) in [5, 5.41) is 12.4. The Morgan fingerprint density at radius 3 is 2.71 bits per heavy atom. The minimum atomic E-state index is -0.621. The van der Waals surface area contributed by atoms with Crippen molar-refractivity contribution in [2.75, 3.05) is 13.6 Å². The van der Waals surface area contributed by atoms with E-state index in [1.165, 1.54) is 11.1 Å². The van der Waals surface area contributed by atoms with Gasteiger partial charge >= 0.3 is 0 Å². The molecule has 3 aliphatic rings. The summed E-state index contributed by atoms with van der Waals surface area (Å²) in [6.07, 6.45) is 4.69. The molecule has 8 nitrogen and oxygen atoms in total. The second-order valence-electron chi connectivity index (χ2n) is 8.82. The van der Waals surface area contributed by atoms with Crippen LogP contribution in [0, 0.1) is 0 Å². The van der Waals surface area contributed by atoms with Crippen LogP contribution in [0.2, 0.25) is 0 Å². The highest BCUT2D eigenvalue weighted by molar-refractivity contribution is 5.94. The summed E-state index contributed by atoms with van der Waals surface area (Å²) in [6, 6.07) is 6.72. The SMILES string of the molecule is CN[C@@H](C)C(=O)N[C@H]1CCN[C@H]2CCC(C(=O)N[C@@H]3CCCc4ccccc43)N2C1=O. The molecule has 1 aromatic carbocycles. The number of likely N-dealkylation sites (N-methyl/N-ethyl adjacent to an activating group) is 1. The normalized spacial score (nSPS) is 28.8. The van der Waals surface area contributed by atoms with Crippen LogP contribution in [0.15, 0.2) is 24.3 Å². The number of fused-ring (bicyclic) bond motifs is 2. The first-order valence-electron chi connectivity index (χ1n) is 11.4. The van der Waals surface area contributed by atoms with Crippen LogP contribution < -0.4 is 21.3 Å². The van der Waals surface area contributed by atoms with Crippen molar-refractivity contribution in [1.82, 2.24) is 26.2 Å². The fourth-order valence-corrected chi connectivity index (χ4v) is 5.01. The van der Waals surface area contributed by atoms with E-state index in [0.29, 0.717) is 19.4 Å². The molecule has 5 atom stereocenters. The van der Waals surface area contributed by atoms with Gasteiger partial charge in [-0.25, -0.2) is 0 Å². The predicted octanol–water partition coefficient (Wildman–Crippen LogP) is 0.583. The van der Waals surface area contributed by atoms with Crippen LogP contribution >= 0.6 is 0 Å². The summed E-state index contributed by atoms with van der Waals surface area (Å²) in [5.41, 5.74) is 2.47. The Morgan fingerprint density at radius 1 is 1.10 bits per heavy atom. The van der Waals surface area contributed by atoms with Crippen LogP contribution in [0.25, 0.3) is 0 Å². The highest BCUT2D eigenvalue weighted by Crippen LogP contribution is 2.31. The standard InChI is InChI=1S/C23H33N5O3/c1-14(24-2)21(29)27-18-12-13-25-20-11-10-19(28(20)23(18)31)22(30)26-17-9-5-7-15-6-3-4-8-16(15)17/h3-4,6,8,14,17-20,24-25H,5,7,9-13H2,1-2H3,(H,26,30)(H,27,29)/t14-,17+,18-,19?,20+/m0/s1. The van der Waals surface area contributed by atoms with Crippen molar-refractivity contribution >= 4 is 17.7 Å². The zero-order chi connectivity index (χ0) is 22.0. The second-order valence-corrected chi connectivity index (χ2v) is 8.82. The molecule has 0 radical (unpaired) electrons. The quantitative estimate of drug-likeness (QED) is 0.551. The molecule has 2 aliphatic heterocycles. The summed E-state index contributed by atoms with van der Waals surface area (Å²) < 4.78 is 0. The molecule has 1 aromatic rings. The summed E-state index contributed by atoms with van der Waals surface area (Å²) >= 11 is 0. The Labute approximate surface area is 183 Å². The largest absolute Gasteiger partial charge is 0.347 e. The van der Waals surface area contributed by atoms with Crippen molar-refractivity contribution in [2.45, 2.75) is 75.8 Å². The van der Waals surface area contributed by atoms with Crippen LogP contribution in [0.5, 0.6) is 0 Å². The smallest absolute Gasteiger partial charge is 0.247 e. The molecule has 2 heterocycles. The van der Waals surface area contributed by atoms with Crippen LogP contribution in [-0.2, 0) is 20.8 Å². The molecule has 4 rings (SSSR count). The van der Waals surface area contributed by atoms with E-state index in [4.69, 9.17) is 0 Å². The van der Waals surface area contributed by atoms with E-state index in [0.717, 1.165) is 25.7 Å². The Morgan fingerprint density at radius 2 is 1.90 bits per heavy atom. The minimum absolute atomic E-state index is 0.0153. The zero-order valence-electron chi connectivity index (χ0n) is 18.3. The lowest BCUT2D eigenvalue weighted by molar-refractivity contribution is -0.143. The molecule has 0 aromatic heterocycles. The van der Waals surface area contributed by atoms with Crippen LogP contribution in [0.3, 0.4) is 0 Å². The van der Waals surface area contributed by atoms with Crippen molar-refractivity contribution in [3.05, 3.63) is 35.4 Å². The number of nitrogens with one attached hydrogen (secondary N) is 4. The van der Waals surface area contributed by atoms with E-state index in [2.05, 4.69) is 33.4 Å². The van der Waals surface area contributed by atoms with E-state index >= 15 is 0 Å². The monoisotopic (exact) mass is 427 g/mol.